The molecule has 8 nitrogen and oxygen atoms in total. The van der Waals surface area contributed by atoms with Crippen molar-refractivity contribution in [3.8, 4) is 17.2 Å². The number of nitrogens with zero attached hydrogens (tertiary/aromatic N) is 2. The molecule has 0 saturated heterocycles. The average molecular weight is 600 g/mol. The van der Waals surface area contributed by atoms with Crippen molar-refractivity contribution >= 4 is 39.3 Å². The van der Waals surface area contributed by atoms with Gasteiger partial charge in [-0.1, -0.05) is 46.0 Å². The second-order valence-corrected chi connectivity index (χ2v) is 9.95. The van der Waals surface area contributed by atoms with Gasteiger partial charge in [0.15, 0.2) is 16.3 Å². The standard InChI is InChI=1S/C28H27BrN2O6S/c1-5-12-37-21-11-9-19(29)13-18(21)15-24-26(32)31-25(20(27(33)34-4)16-30-28(31)38-24)17-8-10-22(35-6-2)23(14-17)36-7-3/h5,8-11,13-16,25H,1,6-7,12H2,2-4H3/b24-15+/t25-/m0/s1. The van der Waals surface area contributed by atoms with Crippen LogP contribution in [0.4, 0.5) is 0 Å². The van der Waals surface area contributed by atoms with E-state index >= 15 is 0 Å². The molecule has 2 aromatic carbocycles. The largest absolute Gasteiger partial charge is 0.490 e. The normalized spacial score (nSPS) is 14.7. The summed E-state index contributed by atoms with van der Waals surface area (Å²) in [5, 5.41) is 0. The molecule has 10 heteroatoms. The third-order valence-electron chi connectivity index (χ3n) is 5.62. The minimum absolute atomic E-state index is 0.232. The summed E-state index contributed by atoms with van der Waals surface area (Å²) >= 11 is 4.71. The van der Waals surface area contributed by atoms with Gasteiger partial charge in [-0.3, -0.25) is 9.36 Å². The number of benzene rings is 2. The fraction of sp³-hybridized carbons (Fsp3) is 0.250. The number of methoxy groups -OCH3 is 1. The van der Waals surface area contributed by atoms with E-state index in [0.717, 1.165) is 10.0 Å². The predicted molar refractivity (Wildman–Crippen MR) is 150 cm³/mol. The number of hydrogen-bond acceptors (Lipinski definition) is 8. The van der Waals surface area contributed by atoms with Crippen LogP contribution in [0.1, 0.15) is 31.0 Å². The summed E-state index contributed by atoms with van der Waals surface area (Å²) in [6.07, 6.45) is 4.87. The number of ether oxygens (including phenoxy) is 4. The van der Waals surface area contributed by atoms with Crippen molar-refractivity contribution in [2.24, 2.45) is 4.99 Å². The maximum absolute atomic E-state index is 13.8. The molecule has 1 aliphatic rings. The SMILES string of the molecule is C=CCOc1ccc(Br)cc1/C=c1/sc2n(c1=O)[C@@H](c1ccc(OCC)c(OCC)c1)C(C(=O)OC)=CN=2. The quantitative estimate of drug-likeness (QED) is 0.257. The number of fused-ring (bicyclic) bond motifs is 1. The first-order valence-electron chi connectivity index (χ1n) is 11.9. The summed E-state index contributed by atoms with van der Waals surface area (Å²) in [6.45, 7) is 8.68. The third kappa shape index (κ3) is 5.61. The smallest absolute Gasteiger partial charge is 0.337 e. The van der Waals surface area contributed by atoms with Crippen LogP contribution in [0.2, 0.25) is 0 Å². The lowest BCUT2D eigenvalue weighted by atomic mass is 9.97. The van der Waals surface area contributed by atoms with E-state index in [1.54, 1.807) is 24.3 Å². The van der Waals surface area contributed by atoms with Gasteiger partial charge >= 0.3 is 5.97 Å². The summed E-state index contributed by atoms with van der Waals surface area (Å²) in [5.74, 6) is 1.13. The predicted octanol–water partition coefficient (Wildman–Crippen LogP) is 4.14. The number of carbonyl (C=O) groups excluding carboxylic acids is 1. The lowest BCUT2D eigenvalue weighted by molar-refractivity contribution is -0.136. The summed E-state index contributed by atoms with van der Waals surface area (Å²) in [5.41, 5.74) is 1.31. The van der Waals surface area contributed by atoms with Crippen molar-refractivity contribution in [3.63, 3.8) is 0 Å². The van der Waals surface area contributed by atoms with E-state index in [-0.39, 0.29) is 11.1 Å². The van der Waals surface area contributed by atoms with Gasteiger partial charge < -0.3 is 18.9 Å². The van der Waals surface area contributed by atoms with Gasteiger partial charge in [0.05, 0.1) is 36.5 Å². The van der Waals surface area contributed by atoms with Crippen molar-refractivity contribution in [2.45, 2.75) is 19.9 Å². The van der Waals surface area contributed by atoms with Crippen LogP contribution in [0.3, 0.4) is 0 Å². The molecule has 0 N–H and O–H groups in total. The summed E-state index contributed by atoms with van der Waals surface area (Å²) in [7, 11) is 1.30. The summed E-state index contributed by atoms with van der Waals surface area (Å²) in [4.78, 5) is 31.5. The first kappa shape index (κ1) is 27.4. The van der Waals surface area contributed by atoms with Crippen molar-refractivity contribution in [1.29, 1.82) is 0 Å². The first-order valence-corrected chi connectivity index (χ1v) is 13.5. The van der Waals surface area contributed by atoms with Crippen LogP contribution in [0.25, 0.3) is 6.08 Å². The molecular weight excluding hydrogens is 572 g/mol. The highest BCUT2D eigenvalue weighted by atomic mass is 79.9. The van der Waals surface area contributed by atoms with E-state index in [9.17, 15) is 9.59 Å². The van der Waals surface area contributed by atoms with E-state index in [0.29, 0.717) is 52.0 Å². The number of halogens is 1. The van der Waals surface area contributed by atoms with Crippen molar-refractivity contribution in [3.05, 3.63) is 96.1 Å². The zero-order chi connectivity index (χ0) is 27.2. The van der Waals surface area contributed by atoms with E-state index in [4.69, 9.17) is 18.9 Å². The van der Waals surface area contributed by atoms with Crippen LogP contribution >= 0.6 is 27.3 Å². The van der Waals surface area contributed by atoms with Crippen LogP contribution in [-0.2, 0) is 9.53 Å². The molecule has 1 aliphatic heterocycles. The number of thiazole rings is 1. The molecule has 1 atom stereocenters. The molecule has 0 radical (unpaired) electrons. The Balaban J connectivity index is 1.91. The molecule has 2 heterocycles. The number of rotatable bonds is 10. The highest BCUT2D eigenvalue weighted by Crippen LogP contribution is 2.35. The minimum atomic E-state index is -0.769. The molecule has 3 aromatic rings. The Hall–Kier alpha value is -3.63. The lowest BCUT2D eigenvalue weighted by Crippen LogP contribution is -2.39. The molecule has 0 fully saturated rings. The van der Waals surface area contributed by atoms with Gasteiger partial charge in [-0.15, -0.1) is 0 Å². The van der Waals surface area contributed by atoms with Crippen molar-refractivity contribution in [1.82, 2.24) is 4.57 Å². The van der Waals surface area contributed by atoms with Crippen LogP contribution in [0, 0.1) is 0 Å². The van der Waals surface area contributed by atoms with Gasteiger partial charge in [0.25, 0.3) is 5.56 Å². The molecule has 1 aromatic heterocycles. The Morgan fingerprint density at radius 1 is 1.11 bits per heavy atom. The monoisotopic (exact) mass is 598 g/mol. The fourth-order valence-corrected chi connectivity index (χ4v) is 5.38. The van der Waals surface area contributed by atoms with Crippen LogP contribution in [0.5, 0.6) is 17.2 Å². The number of hydrogen-bond donors (Lipinski definition) is 0. The molecule has 0 aliphatic carbocycles. The molecule has 0 spiro atoms. The fourth-order valence-electron chi connectivity index (χ4n) is 4.04. The zero-order valence-electron chi connectivity index (χ0n) is 21.2. The molecule has 198 valence electrons. The van der Waals surface area contributed by atoms with Crippen molar-refractivity contribution in [2.75, 3.05) is 26.9 Å². The maximum Gasteiger partial charge on any atom is 0.337 e. The highest BCUT2D eigenvalue weighted by molar-refractivity contribution is 9.10. The minimum Gasteiger partial charge on any atom is -0.490 e. The first-order chi connectivity index (χ1) is 18.4. The molecule has 4 rings (SSSR count). The highest BCUT2D eigenvalue weighted by Gasteiger charge is 2.31. The van der Waals surface area contributed by atoms with Gasteiger partial charge in [-0.2, -0.15) is 0 Å². The van der Waals surface area contributed by atoms with Crippen LogP contribution < -0.4 is 29.1 Å². The lowest BCUT2D eigenvalue weighted by Gasteiger charge is -2.23. The van der Waals surface area contributed by atoms with Crippen LogP contribution in [0.15, 0.2) is 75.1 Å². The van der Waals surface area contributed by atoms with E-state index < -0.39 is 12.0 Å². The van der Waals surface area contributed by atoms with E-state index in [1.165, 1.54) is 29.2 Å². The number of esters is 1. The molecule has 38 heavy (non-hydrogen) atoms. The summed E-state index contributed by atoms with van der Waals surface area (Å²) in [6, 6.07) is 10.2. The third-order valence-corrected chi connectivity index (χ3v) is 7.11. The second-order valence-electron chi connectivity index (χ2n) is 8.03. The van der Waals surface area contributed by atoms with Gasteiger partial charge in [-0.25, -0.2) is 9.79 Å². The number of aromatic nitrogens is 1. The van der Waals surface area contributed by atoms with E-state index in [1.807, 2.05) is 38.1 Å². The van der Waals surface area contributed by atoms with Gasteiger partial charge in [0, 0.05) is 16.2 Å². The molecule has 0 amide bonds. The van der Waals surface area contributed by atoms with Crippen molar-refractivity contribution < 1.29 is 23.7 Å². The second kappa shape index (κ2) is 12.3. The van der Waals surface area contributed by atoms with Gasteiger partial charge in [0.2, 0.25) is 0 Å². The average Bonchev–Trinajstić information content (AvgIpc) is 3.23. The number of carbonyl (C=O) groups is 1. The Morgan fingerprint density at radius 2 is 1.84 bits per heavy atom. The molecular formula is C28H27BrN2O6S. The van der Waals surface area contributed by atoms with E-state index in [2.05, 4.69) is 27.5 Å². The van der Waals surface area contributed by atoms with Crippen LogP contribution in [-0.4, -0.2) is 37.5 Å². The Kier molecular flexibility index (Phi) is 8.85. The van der Waals surface area contributed by atoms with Gasteiger partial charge in [0.1, 0.15) is 12.4 Å². The topological polar surface area (TPSA) is 88.3 Å². The summed E-state index contributed by atoms with van der Waals surface area (Å²) < 4.78 is 25.1. The molecule has 0 bridgehead atoms. The Bertz CT molecular complexity index is 1570. The van der Waals surface area contributed by atoms with Gasteiger partial charge in [-0.05, 0) is 55.8 Å². The zero-order valence-corrected chi connectivity index (χ0v) is 23.6. The maximum atomic E-state index is 13.8. The Morgan fingerprint density at radius 3 is 2.55 bits per heavy atom. The Labute approximate surface area is 232 Å². The molecule has 0 unspecified atom stereocenters. The molecule has 0 saturated carbocycles.